The molecular weight excluding hydrogens is 220 g/mol. The number of hydrogen-bond donors (Lipinski definition) is 0. The molecule has 0 saturated carbocycles. The van der Waals surface area contributed by atoms with Crippen LogP contribution in [0.2, 0.25) is 0 Å². The Hall–Kier alpha value is -2.22. The largest absolute Gasteiger partial charge is 0.252 e. The highest BCUT2D eigenvalue weighted by atomic mass is 14.8. The molecule has 0 radical (unpaired) electrons. The molecule has 0 saturated heterocycles. The Kier molecular flexibility index (Phi) is 2.56. The first-order valence-electron chi connectivity index (χ1n) is 6.07. The zero-order valence-corrected chi connectivity index (χ0v) is 10.5. The van der Waals surface area contributed by atoms with Gasteiger partial charge >= 0.3 is 0 Å². The van der Waals surface area contributed by atoms with Crippen molar-refractivity contribution in [2.45, 2.75) is 13.8 Å². The molecule has 2 heteroatoms. The predicted octanol–water partition coefficient (Wildman–Crippen LogP) is 4.12. The standard InChI is InChI=1S/C16H14N2/c1-3-6-13-11(2)12-7-4-5-8-14(12)16-15(13)17-9-10-18-16/h3-10H,1-2H3/b6-3-. The van der Waals surface area contributed by atoms with Gasteiger partial charge in [0.2, 0.25) is 0 Å². The van der Waals surface area contributed by atoms with Crippen LogP contribution in [0, 0.1) is 6.92 Å². The van der Waals surface area contributed by atoms with Crippen LogP contribution in [0.3, 0.4) is 0 Å². The van der Waals surface area contributed by atoms with E-state index in [9.17, 15) is 0 Å². The predicted molar refractivity (Wildman–Crippen MR) is 76.5 cm³/mol. The molecule has 2 aromatic carbocycles. The fourth-order valence-corrected chi connectivity index (χ4v) is 2.44. The first-order valence-corrected chi connectivity index (χ1v) is 6.07. The van der Waals surface area contributed by atoms with Crippen LogP contribution in [0.1, 0.15) is 18.1 Å². The fraction of sp³-hybridized carbons (Fsp3) is 0.125. The van der Waals surface area contributed by atoms with Crippen molar-refractivity contribution in [1.29, 1.82) is 0 Å². The Balaban J connectivity index is 2.62. The minimum Gasteiger partial charge on any atom is -0.252 e. The van der Waals surface area contributed by atoms with E-state index in [2.05, 4.69) is 41.2 Å². The minimum atomic E-state index is 0.979. The van der Waals surface area contributed by atoms with E-state index < -0.39 is 0 Å². The quantitative estimate of drug-likeness (QED) is 0.592. The van der Waals surface area contributed by atoms with Crippen molar-refractivity contribution < 1.29 is 0 Å². The SMILES string of the molecule is C/C=C\c1c(C)c2ccccc2c2nccnc12. The summed E-state index contributed by atoms with van der Waals surface area (Å²) in [5.41, 5.74) is 4.38. The fourth-order valence-electron chi connectivity index (χ4n) is 2.44. The molecule has 0 bridgehead atoms. The minimum absolute atomic E-state index is 0.979. The first kappa shape index (κ1) is 10.9. The number of aryl methyl sites for hydroxylation is 1. The molecule has 18 heavy (non-hydrogen) atoms. The monoisotopic (exact) mass is 234 g/mol. The third kappa shape index (κ3) is 1.50. The molecule has 0 N–H and O–H groups in total. The van der Waals surface area contributed by atoms with Gasteiger partial charge in [-0.15, -0.1) is 0 Å². The highest BCUT2D eigenvalue weighted by Gasteiger charge is 2.10. The molecule has 3 aromatic rings. The van der Waals surface area contributed by atoms with E-state index in [1.54, 1.807) is 12.4 Å². The lowest BCUT2D eigenvalue weighted by Crippen LogP contribution is -1.92. The summed E-state index contributed by atoms with van der Waals surface area (Å²) >= 11 is 0. The summed E-state index contributed by atoms with van der Waals surface area (Å²) in [5.74, 6) is 0. The third-order valence-electron chi connectivity index (χ3n) is 3.28. The number of aromatic nitrogens is 2. The van der Waals surface area contributed by atoms with Crippen molar-refractivity contribution in [3.05, 3.63) is 53.9 Å². The van der Waals surface area contributed by atoms with Gasteiger partial charge in [-0.3, -0.25) is 9.97 Å². The Morgan fingerprint density at radius 2 is 1.61 bits per heavy atom. The summed E-state index contributed by atoms with van der Waals surface area (Å²) in [6.07, 6.45) is 7.66. The van der Waals surface area contributed by atoms with Crippen LogP contribution in [0.4, 0.5) is 0 Å². The molecule has 0 fully saturated rings. The maximum absolute atomic E-state index is 4.50. The average Bonchev–Trinajstić information content (AvgIpc) is 2.43. The van der Waals surface area contributed by atoms with Crippen molar-refractivity contribution in [2.75, 3.05) is 0 Å². The van der Waals surface area contributed by atoms with E-state index in [1.165, 1.54) is 21.9 Å². The van der Waals surface area contributed by atoms with Crippen LogP contribution in [-0.4, -0.2) is 9.97 Å². The zero-order valence-electron chi connectivity index (χ0n) is 10.5. The lowest BCUT2D eigenvalue weighted by Gasteiger charge is -2.10. The van der Waals surface area contributed by atoms with Gasteiger partial charge in [0.15, 0.2) is 0 Å². The maximum Gasteiger partial charge on any atom is 0.0971 e. The normalized spacial score (nSPS) is 11.7. The van der Waals surface area contributed by atoms with E-state index in [0.29, 0.717) is 0 Å². The molecule has 0 amide bonds. The van der Waals surface area contributed by atoms with E-state index in [1.807, 2.05) is 19.1 Å². The zero-order chi connectivity index (χ0) is 12.5. The Labute approximate surface area is 106 Å². The molecule has 1 heterocycles. The number of fused-ring (bicyclic) bond motifs is 3. The summed E-state index contributed by atoms with van der Waals surface area (Å²) in [5, 5.41) is 2.42. The molecule has 2 nitrogen and oxygen atoms in total. The van der Waals surface area contributed by atoms with E-state index in [0.717, 1.165) is 11.0 Å². The molecule has 0 aliphatic rings. The van der Waals surface area contributed by atoms with Crippen molar-refractivity contribution in [3.63, 3.8) is 0 Å². The second-order valence-corrected chi connectivity index (χ2v) is 4.34. The summed E-state index contributed by atoms with van der Waals surface area (Å²) in [6, 6.07) is 8.37. The van der Waals surface area contributed by atoms with Gasteiger partial charge in [-0.2, -0.15) is 0 Å². The summed E-state index contributed by atoms with van der Waals surface area (Å²) in [4.78, 5) is 8.99. The molecule has 0 atom stereocenters. The molecule has 1 aromatic heterocycles. The van der Waals surface area contributed by atoms with Gasteiger partial charge in [0.05, 0.1) is 11.0 Å². The molecule has 88 valence electrons. The van der Waals surface area contributed by atoms with Gasteiger partial charge in [-0.1, -0.05) is 36.4 Å². The number of benzene rings is 2. The van der Waals surface area contributed by atoms with Gasteiger partial charge in [0, 0.05) is 23.3 Å². The molecule has 0 spiro atoms. The highest BCUT2D eigenvalue weighted by molar-refractivity contribution is 6.09. The van der Waals surface area contributed by atoms with Gasteiger partial charge in [0.1, 0.15) is 0 Å². The molecule has 0 aliphatic carbocycles. The topological polar surface area (TPSA) is 25.8 Å². The third-order valence-corrected chi connectivity index (χ3v) is 3.28. The Bertz CT molecular complexity index is 757. The van der Waals surface area contributed by atoms with Crippen molar-refractivity contribution in [3.8, 4) is 0 Å². The summed E-state index contributed by atoms with van der Waals surface area (Å²) < 4.78 is 0. The van der Waals surface area contributed by atoms with Crippen LogP contribution < -0.4 is 0 Å². The highest BCUT2D eigenvalue weighted by Crippen LogP contribution is 2.30. The van der Waals surface area contributed by atoms with E-state index >= 15 is 0 Å². The number of rotatable bonds is 1. The Morgan fingerprint density at radius 1 is 0.944 bits per heavy atom. The van der Waals surface area contributed by atoms with Crippen LogP contribution in [0.5, 0.6) is 0 Å². The van der Waals surface area contributed by atoms with Crippen LogP contribution in [0.15, 0.2) is 42.7 Å². The first-order chi connectivity index (χ1) is 8.83. The van der Waals surface area contributed by atoms with Crippen LogP contribution in [-0.2, 0) is 0 Å². The molecule has 0 aliphatic heterocycles. The van der Waals surface area contributed by atoms with Crippen molar-refractivity contribution in [1.82, 2.24) is 9.97 Å². The second kappa shape index (κ2) is 4.22. The lowest BCUT2D eigenvalue weighted by molar-refractivity contribution is 1.29. The van der Waals surface area contributed by atoms with Gasteiger partial charge in [0.25, 0.3) is 0 Å². The van der Waals surface area contributed by atoms with E-state index in [4.69, 9.17) is 0 Å². The van der Waals surface area contributed by atoms with Gasteiger partial charge < -0.3 is 0 Å². The van der Waals surface area contributed by atoms with Crippen LogP contribution in [0.25, 0.3) is 27.9 Å². The second-order valence-electron chi connectivity index (χ2n) is 4.34. The van der Waals surface area contributed by atoms with Gasteiger partial charge in [-0.05, 0) is 24.8 Å². The Morgan fingerprint density at radius 3 is 2.33 bits per heavy atom. The number of nitrogens with zero attached hydrogens (tertiary/aromatic N) is 2. The lowest BCUT2D eigenvalue weighted by atomic mass is 9.97. The maximum atomic E-state index is 4.50. The van der Waals surface area contributed by atoms with E-state index in [-0.39, 0.29) is 0 Å². The van der Waals surface area contributed by atoms with Crippen molar-refractivity contribution >= 4 is 27.9 Å². The van der Waals surface area contributed by atoms with Crippen LogP contribution >= 0.6 is 0 Å². The smallest absolute Gasteiger partial charge is 0.0971 e. The van der Waals surface area contributed by atoms with Crippen molar-refractivity contribution in [2.24, 2.45) is 0 Å². The molecular formula is C16H14N2. The molecule has 3 rings (SSSR count). The average molecular weight is 234 g/mol. The number of hydrogen-bond acceptors (Lipinski definition) is 2. The summed E-state index contributed by atoms with van der Waals surface area (Å²) in [6.45, 7) is 4.17. The number of allylic oxidation sites excluding steroid dienone is 1. The van der Waals surface area contributed by atoms with Gasteiger partial charge in [-0.25, -0.2) is 0 Å². The summed E-state index contributed by atoms with van der Waals surface area (Å²) in [7, 11) is 0. The molecule has 0 unspecified atom stereocenters.